The van der Waals surface area contributed by atoms with Gasteiger partial charge >= 0.3 is 0 Å². The highest BCUT2D eigenvalue weighted by Gasteiger charge is 2.26. The van der Waals surface area contributed by atoms with Crippen LogP contribution in [0.15, 0.2) is 0 Å². The van der Waals surface area contributed by atoms with Crippen molar-refractivity contribution in [2.75, 3.05) is 37.3 Å². The Hall–Kier alpha value is -1.83. The summed E-state index contributed by atoms with van der Waals surface area (Å²) in [6.45, 7) is 1.60. The van der Waals surface area contributed by atoms with E-state index in [1.165, 1.54) is 0 Å². The summed E-state index contributed by atoms with van der Waals surface area (Å²) in [6, 6.07) is 0. The molecule has 7 nitrogen and oxygen atoms in total. The van der Waals surface area contributed by atoms with E-state index < -0.39 is 5.91 Å². The molecule has 18 heavy (non-hydrogen) atoms. The van der Waals surface area contributed by atoms with Crippen LogP contribution in [0.2, 0.25) is 0 Å². The van der Waals surface area contributed by atoms with Crippen molar-refractivity contribution >= 4 is 34.2 Å². The van der Waals surface area contributed by atoms with Crippen molar-refractivity contribution < 1.29 is 9.59 Å². The Balaban J connectivity index is 2.31. The topological polar surface area (TPSA) is 106 Å². The Bertz CT molecular complexity index is 487. The van der Waals surface area contributed by atoms with Gasteiger partial charge in [0, 0.05) is 20.1 Å². The third-order valence-electron chi connectivity index (χ3n) is 2.91. The fraction of sp³-hybridized carbons (Fsp3) is 0.500. The number of carbonyl (C=O) groups is 2. The van der Waals surface area contributed by atoms with Gasteiger partial charge in [0.25, 0.3) is 5.91 Å². The van der Waals surface area contributed by atoms with Gasteiger partial charge in [-0.1, -0.05) is 0 Å². The maximum atomic E-state index is 11.8. The first kappa shape index (κ1) is 12.6. The molecule has 1 saturated heterocycles. The Labute approximate surface area is 109 Å². The monoisotopic (exact) mass is 269 g/mol. The highest BCUT2D eigenvalue weighted by atomic mass is 32.1. The molecule has 0 bridgehead atoms. The molecule has 0 aromatic carbocycles. The SMILES string of the molecule is CN1CCCN(c2snc(N)c2C(N)=O)CC1=O. The van der Waals surface area contributed by atoms with Gasteiger partial charge in [-0.2, -0.15) is 4.37 Å². The molecule has 0 spiro atoms. The van der Waals surface area contributed by atoms with Crippen LogP contribution in [0.4, 0.5) is 10.8 Å². The fourth-order valence-electron chi connectivity index (χ4n) is 1.90. The maximum Gasteiger partial charge on any atom is 0.255 e. The number of amides is 2. The first-order valence-electron chi connectivity index (χ1n) is 5.54. The van der Waals surface area contributed by atoms with Crippen LogP contribution in [0.1, 0.15) is 16.8 Å². The molecule has 0 saturated carbocycles. The molecule has 1 aromatic heterocycles. The second-order valence-electron chi connectivity index (χ2n) is 4.20. The Morgan fingerprint density at radius 1 is 1.44 bits per heavy atom. The fourth-order valence-corrected chi connectivity index (χ4v) is 2.74. The summed E-state index contributed by atoms with van der Waals surface area (Å²) < 4.78 is 3.94. The number of nitrogen functional groups attached to an aromatic ring is 1. The van der Waals surface area contributed by atoms with Gasteiger partial charge in [-0.3, -0.25) is 9.59 Å². The second-order valence-corrected chi connectivity index (χ2v) is 4.95. The van der Waals surface area contributed by atoms with Gasteiger partial charge in [-0.05, 0) is 18.0 Å². The molecule has 0 unspecified atom stereocenters. The van der Waals surface area contributed by atoms with E-state index in [9.17, 15) is 9.59 Å². The van der Waals surface area contributed by atoms with Crippen LogP contribution >= 0.6 is 11.5 Å². The van der Waals surface area contributed by atoms with Gasteiger partial charge in [0.05, 0.1) is 6.54 Å². The summed E-state index contributed by atoms with van der Waals surface area (Å²) in [7, 11) is 1.77. The molecule has 1 aromatic rings. The largest absolute Gasteiger partial charge is 0.382 e. The minimum absolute atomic E-state index is 0.00916. The lowest BCUT2D eigenvalue weighted by atomic mass is 10.2. The lowest BCUT2D eigenvalue weighted by molar-refractivity contribution is -0.127. The van der Waals surface area contributed by atoms with E-state index in [-0.39, 0.29) is 23.8 Å². The van der Waals surface area contributed by atoms with Crippen molar-refractivity contribution in [3.05, 3.63) is 5.56 Å². The number of anilines is 2. The summed E-state index contributed by atoms with van der Waals surface area (Å²) in [5.74, 6) is -0.469. The zero-order chi connectivity index (χ0) is 13.3. The lowest BCUT2D eigenvalue weighted by Gasteiger charge is -2.20. The first-order chi connectivity index (χ1) is 8.50. The Kier molecular flexibility index (Phi) is 3.37. The van der Waals surface area contributed by atoms with Gasteiger partial charge in [0.15, 0.2) is 5.82 Å². The normalized spacial score (nSPS) is 16.8. The summed E-state index contributed by atoms with van der Waals surface area (Å²) in [5, 5.41) is 0.587. The van der Waals surface area contributed by atoms with E-state index in [4.69, 9.17) is 11.5 Å². The molecule has 0 aliphatic carbocycles. The highest BCUT2D eigenvalue weighted by Crippen LogP contribution is 2.30. The minimum atomic E-state index is -0.610. The Morgan fingerprint density at radius 3 is 2.83 bits per heavy atom. The molecule has 98 valence electrons. The quantitative estimate of drug-likeness (QED) is 0.752. The van der Waals surface area contributed by atoms with Gasteiger partial charge in [0.2, 0.25) is 5.91 Å². The molecule has 1 fully saturated rings. The van der Waals surface area contributed by atoms with E-state index in [0.29, 0.717) is 18.1 Å². The zero-order valence-electron chi connectivity index (χ0n) is 10.0. The molecule has 2 heterocycles. The van der Waals surface area contributed by atoms with Gasteiger partial charge in [0.1, 0.15) is 10.6 Å². The van der Waals surface area contributed by atoms with Crippen LogP contribution < -0.4 is 16.4 Å². The number of rotatable bonds is 2. The van der Waals surface area contributed by atoms with Crippen molar-refractivity contribution in [2.45, 2.75) is 6.42 Å². The average Bonchev–Trinajstić information content (AvgIpc) is 2.61. The van der Waals surface area contributed by atoms with Crippen LogP contribution in [0, 0.1) is 0 Å². The summed E-state index contributed by atoms with van der Waals surface area (Å²) in [6.07, 6.45) is 0.832. The number of primary amides is 1. The van der Waals surface area contributed by atoms with Crippen LogP contribution in [0.25, 0.3) is 0 Å². The predicted octanol–water partition coefficient (Wildman–Crippen LogP) is -0.507. The van der Waals surface area contributed by atoms with Crippen molar-refractivity contribution in [1.82, 2.24) is 9.27 Å². The summed E-state index contributed by atoms with van der Waals surface area (Å²) in [5.41, 5.74) is 11.1. The molecule has 4 N–H and O–H groups in total. The van der Waals surface area contributed by atoms with Gasteiger partial charge in [-0.25, -0.2) is 0 Å². The third-order valence-corrected chi connectivity index (χ3v) is 3.83. The highest BCUT2D eigenvalue weighted by molar-refractivity contribution is 7.11. The molecule has 0 radical (unpaired) electrons. The maximum absolute atomic E-state index is 11.8. The third kappa shape index (κ3) is 2.23. The second kappa shape index (κ2) is 4.81. The first-order valence-corrected chi connectivity index (χ1v) is 6.32. The number of aromatic nitrogens is 1. The number of nitrogens with two attached hydrogens (primary N) is 2. The van der Waals surface area contributed by atoms with Crippen molar-refractivity contribution in [3.8, 4) is 0 Å². The number of hydrogen-bond acceptors (Lipinski definition) is 6. The smallest absolute Gasteiger partial charge is 0.255 e. The van der Waals surface area contributed by atoms with E-state index in [1.54, 1.807) is 11.9 Å². The lowest BCUT2D eigenvalue weighted by Crippen LogP contribution is -2.34. The molecule has 8 heteroatoms. The van der Waals surface area contributed by atoms with Gasteiger partial charge < -0.3 is 21.3 Å². The Morgan fingerprint density at radius 2 is 2.17 bits per heavy atom. The molecule has 1 aliphatic heterocycles. The standard InChI is InChI=1S/C10H15N5O2S/c1-14-3-2-4-15(5-6(14)16)10-7(9(12)17)8(11)13-18-10/h2-5H2,1H3,(H2,11,13)(H2,12,17). The number of carbonyl (C=O) groups excluding carboxylic acids is 2. The van der Waals surface area contributed by atoms with E-state index in [0.717, 1.165) is 18.0 Å². The van der Waals surface area contributed by atoms with Crippen LogP contribution in [-0.2, 0) is 4.79 Å². The van der Waals surface area contributed by atoms with Crippen molar-refractivity contribution in [2.24, 2.45) is 5.73 Å². The number of nitrogens with zero attached hydrogens (tertiary/aromatic N) is 3. The molecule has 2 amide bonds. The zero-order valence-corrected chi connectivity index (χ0v) is 10.9. The van der Waals surface area contributed by atoms with Crippen LogP contribution in [-0.4, -0.2) is 47.8 Å². The van der Waals surface area contributed by atoms with E-state index in [2.05, 4.69) is 4.37 Å². The van der Waals surface area contributed by atoms with Gasteiger partial charge in [-0.15, -0.1) is 0 Å². The molecular formula is C10H15N5O2S. The van der Waals surface area contributed by atoms with Crippen molar-refractivity contribution in [1.29, 1.82) is 0 Å². The number of likely N-dealkylation sites (N-methyl/N-ethyl adjacent to an activating group) is 1. The molecule has 1 aliphatic rings. The number of hydrogen-bond donors (Lipinski definition) is 2. The van der Waals surface area contributed by atoms with Crippen LogP contribution in [0.5, 0.6) is 0 Å². The summed E-state index contributed by atoms with van der Waals surface area (Å²) in [4.78, 5) is 26.7. The summed E-state index contributed by atoms with van der Waals surface area (Å²) >= 11 is 1.10. The molecular weight excluding hydrogens is 254 g/mol. The predicted molar refractivity (Wildman–Crippen MR) is 69.5 cm³/mol. The van der Waals surface area contributed by atoms with E-state index >= 15 is 0 Å². The minimum Gasteiger partial charge on any atom is -0.382 e. The average molecular weight is 269 g/mol. The van der Waals surface area contributed by atoms with E-state index in [1.807, 2.05) is 4.90 Å². The van der Waals surface area contributed by atoms with Crippen LogP contribution in [0.3, 0.4) is 0 Å². The molecule has 0 atom stereocenters. The molecule has 2 rings (SSSR count). The van der Waals surface area contributed by atoms with Crippen molar-refractivity contribution in [3.63, 3.8) is 0 Å².